The third-order valence-electron chi connectivity index (χ3n) is 3.45. The first-order valence-corrected chi connectivity index (χ1v) is 10.1. The molecule has 2 rings (SSSR count). The number of nitrogens with two attached hydrogens (primary N) is 1. The summed E-state index contributed by atoms with van der Waals surface area (Å²) in [6.07, 6.45) is 2.60. The number of amides is 1. The molecule has 0 spiro atoms. The molecule has 0 bridgehead atoms. The second-order valence-corrected chi connectivity index (χ2v) is 7.98. The van der Waals surface area contributed by atoms with Crippen molar-refractivity contribution in [2.24, 2.45) is 5.14 Å². The van der Waals surface area contributed by atoms with Crippen LogP contribution < -0.4 is 10.5 Å². The molecule has 0 radical (unpaired) electrons. The quantitative estimate of drug-likeness (QED) is 0.504. The van der Waals surface area contributed by atoms with Gasteiger partial charge in [0.15, 0.2) is 6.61 Å². The van der Waals surface area contributed by atoms with Crippen molar-refractivity contribution in [3.05, 3.63) is 69.7 Å². The lowest BCUT2D eigenvalue weighted by Crippen LogP contribution is -2.28. The number of primary sulfonamides is 1. The zero-order chi connectivity index (χ0) is 20.7. The molecule has 0 aromatic heterocycles. The van der Waals surface area contributed by atoms with E-state index >= 15 is 0 Å². The van der Waals surface area contributed by atoms with E-state index in [9.17, 15) is 18.0 Å². The van der Waals surface area contributed by atoms with Crippen LogP contribution in [0.4, 0.5) is 0 Å². The van der Waals surface area contributed by atoms with Crippen molar-refractivity contribution in [3.63, 3.8) is 0 Å². The van der Waals surface area contributed by atoms with E-state index in [0.717, 1.165) is 6.08 Å². The highest BCUT2D eigenvalue weighted by atomic mass is 35.5. The molecule has 0 unspecified atom stereocenters. The Hall–Kier alpha value is -2.39. The first-order chi connectivity index (χ1) is 13.1. The van der Waals surface area contributed by atoms with Gasteiger partial charge < -0.3 is 10.1 Å². The molecule has 3 N–H and O–H groups in total. The molecular formula is C18H16Cl2N2O5S. The van der Waals surface area contributed by atoms with Crippen LogP contribution in [-0.2, 0) is 30.9 Å². The summed E-state index contributed by atoms with van der Waals surface area (Å²) in [5, 5.41) is 8.40. The zero-order valence-corrected chi connectivity index (χ0v) is 16.7. The number of halogens is 2. The Labute approximate surface area is 172 Å². The van der Waals surface area contributed by atoms with Gasteiger partial charge in [0.25, 0.3) is 5.91 Å². The van der Waals surface area contributed by atoms with Crippen LogP contribution >= 0.6 is 23.2 Å². The first kappa shape index (κ1) is 21.9. The molecule has 0 fully saturated rings. The van der Waals surface area contributed by atoms with E-state index in [1.807, 2.05) is 0 Å². The van der Waals surface area contributed by atoms with Gasteiger partial charge in [0.2, 0.25) is 10.0 Å². The summed E-state index contributed by atoms with van der Waals surface area (Å²) < 4.78 is 27.2. The highest BCUT2D eigenvalue weighted by Crippen LogP contribution is 2.21. The van der Waals surface area contributed by atoms with Crippen LogP contribution in [0.15, 0.2) is 53.4 Å². The van der Waals surface area contributed by atoms with E-state index in [0.29, 0.717) is 21.2 Å². The Morgan fingerprint density at radius 2 is 1.79 bits per heavy atom. The molecule has 0 saturated heterocycles. The van der Waals surface area contributed by atoms with Gasteiger partial charge in [-0.1, -0.05) is 41.4 Å². The summed E-state index contributed by atoms with van der Waals surface area (Å²) in [4.78, 5) is 23.4. The van der Waals surface area contributed by atoms with Gasteiger partial charge in [0.05, 0.1) is 4.90 Å². The molecule has 10 heteroatoms. The molecule has 7 nitrogen and oxygen atoms in total. The van der Waals surface area contributed by atoms with E-state index in [1.165, 1.54) is 36.4 Å². The Balaban J connectivity index is 1.78. The van der Waals surface area contributed by atoms with Gasteiger partial charge in [0, 0.05) is 22.7 Å². The topological polar surface area (TPSA) is 116 Å². The van der Waals surface area contributed by atoms with Crippen LogP contribution in [0.25, 0.3) is 6.08 Å². The number of ether oxygens (including phenoxy) is 1. The van der Waals surface area contributed by atoms with E-state index in [4.69, 9.17) is 33.1 Å². The average Bonchev–Trinajstić information content (AvgIpc) is 2.63. The third kappa shape index (κ3) is 6.97. The molecule has 0 aliphatic rings. The van der Waals surface area contributed by atoms with Gasteiger partial charge in [-0.15, -0.1) is 0 Å². The summed E-state index contributed by atoms with van der Waals surface area (Å²) in [7, 11) is -3.77. The number of esters is 1. The summed E-state index contributed by atoms with van der Waals surface area (Å²) >= 11 is 11.8. The van der Waals surface area contributed by atoms with Gasteiger partial charge in [-0.3, -0.25) is 4.79 Å². The number of carbonyl (C=O) groups is 2. The van der Waals surface area contributed by atoms with Crippen molar-refractivity contribution < 1.29 is 22.7 Å². The maximum atomic E-state index is 11.7. The molecule has 148 valence electrons. The smallest absolute Gasteiger partial charge is 0.331 e. The number of carbonyl (C=O) groups excluding carboxylic acids is 2. The lowest BCUT2D eigenvalue weighted by atomic mass is 10.2. The number of hydrogen-bond donors (Lipinski definition) is 2. The fourth-order valence-corrected chi connectivity index (χ4v) is 3.01. The maximum absolute atomic E-state index is 11.7. The van der Waals surface area contributed by atoms with Crippen LogP contribution in [0.1, 0.15) is 11.1 Å². The molecule has 2 aromatic carbocycles. The second-order valence-electron chi connectivity index (χ2n) is 5.57. The van der Waals surface area contributed by atoms with Crippen molar-refractivity contribution >= 4 is 51.2 Å². The predicted molar refractivity (Wildman–Crippen MR) is 106 cm³/mol. The maximum Gasteiger partial charge on any atom is 0.331 e. The van der Waals surface area contributed by atoms with E-state index in [2.05, 4.69) is 5.32 Å². The zero-order valence-electron chi connectivity index (χ0n) is 14.4. The SMILES string of the molecule is NS(=O)(=O)c1ccc(CNC(=O)COC(=O)/C=C/c2ccc(Cl)cc2Cl)cc1. The van der Waals surface area contributed by atoms with Gasteiger partial charge in [-0.2, -0.15) is 0 Å². The Morgan fingerprint density at radius 3 is 2.39 bits per heavy atom. The number of sulfonamides is 1. The molecule has 28 heavy (non-hydrogen) atoms. The molecule has 0 aliphatic carbocycles. The fraction of sp³-hybridized carbons (Fsp3) is 0.111. The predicted octanol–water partition coefficient (Wildman–Crippen LogP) is 2.51. The van der Waals surface area contributed by atoms with Crippen molar-refractivity contribution in [1.82, 2.24) is 5.32 Å². The van der Waals surface area contributed by atoms with Crippen molar-refractivity contribution in [2.75, 3.05) is 6.61 Å². The average molecular weight is 443 g/mol. The van der Waals surface area contributed by atoms with Crippen LogP contribution in [0, 0.1) is 0 Å². The van der Waals surface area contributed by atoms with Crippen molar-refractivity contribution in [1.29, 1.82) is 0 Å². The van der Waals surface area contributed by atoms with Gasteiger partial charge in [-0.25, -0.2) is 18.4 Å². The lowest BCUT2D eigenvalue weighted by molar-refractivity contribution is -0.143. The fourth-order valence-electron chi connectivity index (χ4n) is 2.03. The molecule has 0 saturated carbocycles. The number of rotatable bonds is 7. The number of nitrogens with one attached hydrogen (secondary N) is 1. The standard InChI is InChI=1S/C18H16Cl2N2O5S/c19-14-5-3-13(16(20)9-14)4-8-18(24)27-11-17(23)22-10-12-1-6-15(7-2-12)28(21,25)26/h1-9H,10-11H2,(H,22,23)(H2,21,25,26)/b8-4+. The van der Waals surface area contributed by atoms with Gasteiger partial charge in [-0.05, 0) is 41.5 Å². The minimum atomic E-state index is -3.77. The second kappa shape index (κ2) is 9.70. The number of hydrogen-bond acceptors (Lipinski definition) is 5. The minimum Gasteiger partial charge on any atom is -0.452 e. The van der Waals surface area contributed by atoms with E-state index < -0.39 is 28.5 Å². The third-order valence-corrected chi connectivity index (χ3v) is 4.94. The summed E-state index contributed by atoms with van der Waals surface area (Å²) in [6, 6.07) is 10.5. The lowest BCUT2D eigenvalue weighted by Gasteiger charge is -2.06. The van der Waals surface area contributed by atoms with Crippen LogP contribution in [-0.4, -0.2) is 26.9 Å². The van der Waals surface area contributed by atoms with Crippen molar-refractivity contribution in [2.45, 2.75) is 11.4 Å². The summed E-state index contributed by atoms with van der Waals surface area (Å²) in [6.45, 7) is -0.329. The monoisotopic (exact) mass is 442 g/mol. The molecule has 0 aliphatic heterocycles. The highest BCUT2D eigenvalue weighted by Gasteiger charge is 2.08. The van der Waals surface area contributed by atoms with Crippen LogP contribution in [0.2, 0.25) is 10.0 Å². The first-order valence-electron chi connectivity index (χ1n) is 7.83. The minimum absolute atomic E-state index is 0.0240. The summed E-state index contributed by atoms with van der Waals surface area (Å²) in [5.41, 5.74) is 1.24. The number of benzene rings is 2. The van der Waals surface area contributed by atoms with Crippen molar-refractivity contribution in [3.8, 4) is 0 Å². The largest absolute Gasteiger partial charge is 0.452 e. The molecule has 0 atom stereocenters. The molecular weight excluding hydrogens is 427 g/mol. The molecule has 0 heterocycles. The van der Waals surface area contributed by atoms with Crippen LogP contribution in [0.3, 0.4) is 0 Å². The van der Waals surface area contributed by atoms with Crippen LogP contribution in [0.5, 0.6) is 0 Å². The van der Waals surface area contributed by atoms with Gasteiger partial charge >= 0.3 is 5.97 Å². The highest BCUT2D eigenvalue weighted by molar-refractivity contribution is 7.89. The Bertz CT molecular complexity index is 1010. The molecule has 1 amide bonds. The van der Waals surface area contributed by atoms with E-state index in [1.54, 1.807) is 12.1 Å². The Morgan fingerprint density at radius 1 is 1.11 bits per heavy atom. The van der Waals surface area contributed by atoms with Gasteiger partial charge in [0.1, 0.15) is 0 Å². The normalized spacial score (nSPS) is 11.4. The Kier molecular flexibility index (Phi) is 7.59. The molecule has 2 aromatic rings. The summed E-state index contributed by atoms with van der Waals surface area (Å²) in [5.74, 6) is -1.22. The van der Waals surface area contributed by atoms with E-state index in [-0.39, 0.29) is 11.4 Å².